The minimum absolute atomic E-state index is 0. The Hall–Kier alpha value is -0.0400. The average molecular weight is 379 g/mol. The van der Waals surface area contributed by atoms with Gasteiger partial charge in [0.2, 0.25) is 0 Å². The number of ether oxygens (including phenoxy) is 1. The van der Waals surface area contributed by atoms with Gasteiger partial charge in [-0.25, -0.2) is 0 Å². The van der Waals surface area contributed by atoms with Crippen molar-refractivity contribution in [1.82, 2.24) is 5.32 Å². The average Bonchev–Trinajstić information content (AvgIpc) is 2.85. The number of nitrogens with zero attached hydrogens (tertiary/aromatic N) is 1. The zero-order valence-electron chi connectivity index (χ0n) is 11.5. The lowest BCUT2D eigenvalue weighted by Gasteiger charge is -2.25. The second-order valence-corrected chi connectivity index (χ2v) is 6.09. The van der Waals surface area contributed by atoms with E-state index in [0.717, 1.165) is 43.9 Å². The quantitative estimate of drug-likeness (QED) is 0.437. The van der Waals surface area contributed by atoms with E-state index in [1.807, 2.05) is 0 Å². The topological polar surface area (TPSA) is 59.6 Å². The molecule has 0 amide bonds. The van der Waals surface area contributed by atoms with Crippen LogP contribution < -0.4 is 11.1 Å². The maximum absolute atomic E-state index is 5.88. The van der Waals surface area contributed by atoms with E-state index in [4.69, 9.17) is 10.5 Å². The molecule has 0 aromatic rings. The molecule has 0 radical (unpaired) electrons. The van der Waals surface area contributed by atoms with Crippen LogP contribution in [0, 0.1) is 17.8 Å². The molecule has 110 valence electrons. The van der Waals surface area contributed by atoms with E-state index in [1.54, 1.807) is 0 Å². The number of guanidine groups is 1. The van der Waals surface area contributed by atoms with E-state index in [2.05, 4.69) is 10.3 Å². The lowest BCUT2D eigenvalue weighted by molar-refractivity contribution is 0.114. The Labute approximate surface area is 133 Å². The van der Waals surface area contributed by atoms with Crippen LogP contribution >= 0.6 is 24.0 Å². The molecule has 5 heteroatoms. The highest BCUT2D eigenvalue weighted by molar-refractivity contribution is 14.0. The van der Waals surface area contributed by atoms with Gasteiger partial charge in [0.1, 0.15) is 0 Å². The Morgan fingerprint density at radius 3 is 2.74 bits per heavy atom. The molecule has 1 saturated heterocycles. The van der Waals surface area contributed by atoms with Crippen LogP contribution in [0.3, 0.4) is 0 Å². The van der Waals surface area contributed by atoms with E-state index in [9.17, 15) is 0 Å². The van der Waals surface area contributed by atoms with E-state index < -0.39 is 0 Å². The van der Waals surface area contributed by atoms with Gasteiger partial charge in [0.15, 0.2) is 5.96 Å². The molecule has 0 aromatic heterocycles. The van der Waals surface area contributed by atoms with Crippen LogP contribution in [-0.4, -0.2) is 31.8 Å². The number of rotatable bonds is 5. The Bertz CT molecular complexity index is 314. The first-order valence-electron chi connectivity index (χ1n) is 7.48. The molecule has 1 unspecified atom stereocenters. The summed E-state index contributed by atoms with van der Waals surface area (Å²) in [5, 5.41) is 3.18. The van der Waals surface area contributed by atoms with Crippen LogP contribution in [0.4, 0.5) is 0 Å². The van der Waals surface area contributed by atoms with Gasteiger partial charge < -0.3 is 15.8 Å². The molecule has 3 rings (SSSR count). The second kappa shape index (κ2) is 7.11. The molecule has 19 heavy (non-hydrogen) atoms. The third kappa shape index (κ3) is 4.21. The fourth-order valence-corrected chi connectivity index (χ4v) is 3.22. The van der Waals surface area contributed by atoms with Crippen molar-refractivity contribution in [2.75, 3.05) is 19.7 Å². The smallest absolute Gasteiger partial charge is 0.188 e. The van der Waals surface area contributed by atoms with Crippen molar-refractivity contribution >= 4 is 29.9 Å². The number of halogens is 1. The predicted molar refractivity (Wildman–Crippen MR) is 87.8 cm³/mol. The summed E-state index contributed by atoms with van der Waals surface area (Å²) in [5.74, 6) is 3.41. The number of hydrogen-bond acceptors (Lipinski definition) is 2. The van der Waals surface area contributed by atoms with Crippen LogP contribution in [0.1, 0.15) is 38.5 Å². The summed E-state index contributed by atoms with van der Waals surface area (Å²) in [6.45, 7) is 2.63. The van der Waals surface area contributed by atoms with Crippen LogP contribution in [0.2, 0.25) is 0 Å². The van der Waals surface area contributed by atoms with Gasteiger partial charge in [-0.2, -0.15) is 0 Å². The molecule has 2 aliphatic carbocycles. The molecule has 4 nitrogen and oxygen atoms in total. The van der Waals surface area contributed by atoms with E-state index in [-0.39, 0.29) is 24.0 Å². The highest BCUT2D eigenvalue weighted by Crippen LogP contribution is 2.51. The lowest BCUT2D eigenvalue weighted by atomic mass is 9.81. The zero-order valence-corrected chi connectivity index (χ0v) is 13.8. The summed E-state index contributed by atoms with van der Waals surface area (Å²) in [4.78, 5) is 4.47. The Kier molecular flexibility index (Phi) is 5.74. The second-order valence-electron chi connectivity index (χ2n) is 6.09. The van der Waals surface area contributed by atoms with Crippen molar-refractivity contribution in [3.63, 3.8) is 0 Å². The summed E-state index contributed by atoms with van der Waals surface area (Å²) in [6.07, 6.45) is 8.40. The van der Waals surface area contributed by atoms with Gasteiger partial charge >= 0.3 is 0 Å². The molecule has 0 spiro atoms. The highest BCUT2D eigenvalue weighted by atomic mass is 127. The minimum atomic E-state index is 0. The molecular weight excluding hydrogens is 353 g/mol. The maximum atomic E-state index is 5.88. The highest BCUT2D eigenvalue weighted by Gasteiger charge is 2.44. The van der Waals surface area contributed by atoms with Crippen molar-refractivity contribution in [2.24, 2.45) is 28.5 Å². The zero-order chi connectivity index (χ0) is 12.4. The third-order valence-electron chi connectivity index (χ3n) is 4.76. The van der Waals surface area contributed by atoms with E-state index in [0.29, 0.717) is 12.1 Å². The van der Waals surface area contributed by atoms with E-state index >= 15 is 0 Å². The van der Waals surface area contributed by atoms with Gasteiger partial charge in [-0.05, 0) is 37.0 Å². The predicted octanol–water partition coefficient (Wildman–Crippen LogP) is 2.12. The van der Waals surface area contributed by atoms with Crippen molar-refractivity contribution < 1.29 is 4.74 Å². The Balaban J connectivity index is 0.00000133. The molecule has 3 fully saturated rings. The molecule has 0 bridgehead atoms. The molecule has 1 aliphatic heterocycles. The minimum Gasteiger partial charge on any atom is -0.376 e. The summed E-state index contributed by atoms with van der Waals surface area (Å²) in [5.41, 5.74) is 5.88. The first kappa shape index (κ1) is 15.4. The number of hydrogen-bond donors (Lipinski definition) is 2. The summed E-state index contributed by atoms with van der Waals surface area (Å²) in [7, 11) is 0. The maximum Gasteiger partial charge on any atom is 0.188 e. The van der Waals surface area contributed by atoms with Gasteiger partial charge in [0.25, 0.3) is 0 Å². The normalized spacial score (nSPS) is 34.5. The van der Waals surface area contributed by atoms with Crippen molar-refractivity contribution in [1.29, 1.82) is 0 Å². The van der Waals surface area contributed by atoms with Gasteiger partial charge in [-0.1, -0.05) is 19.3 Å². The lowest BCUT2D eigenvalue weighted by Crippen LogP contribution is -2.37. The number of aliphatic imine (C=N–C) groups is 1. The third-order valence-corrected chi connectivity index (χ3v) is 4.76. The number of nitrogens with two attached hydrogens (primary N) is 1. The van der Waals surface area contributed by atoms with E-state index in [1.165, 1.54) is 32.1 Å². The standard InChI is InChI=1S/C14H25N3O.HI/c15-14(17-9-12-5-2-6-18-12)16-8-11-7-13(11)10-3-1-4-10;/h10-13H,1-9H2,(H3,15,16,17);1H/t11-,12?,13-;/m0./s1. The van der Waals surface area contributed by atoms with Crippen LogP contribution in [0.25, 0.3) is 0 Å². The fourth-order valence-electron chi connectivity index (χ4n) is 3.22. The number of nitrogens with one attached hydrogen (secondary N) is 1. The summed E-state index contributed by atoms with van der Waals surface area (Å²) >= 11 is 0. The first-order valence-corrected chi connectivity index (χ1v) is 7.48. The summed E-state index contributed by atoms with van der Waals surface area (Å²) < 4.78 is 5.54. The van der Waals surface area contributed by atoms with Crippen LogP contribution in [-0.2, 0) is 4.74 Å². The molecule has 2 saturated carbocycles. The van der Waals surface area contributed by atoms with Crippen LogP contribution in [0.15, 0.2) is 4.99 Å². The molecule has 3 atom stereocenters. The fraction of sp³-hybridized carbons (Fsp3) is 0.929. The van der Waals surface area contributed by atoms with Crippen LogP contribution in [0.5, 0.6) is 0 Å². The summed E-state index contributed by atoms with van der Waals surface area (Å²) in [6, 6.07) is 0. The molecule has 1 heterocycles. The van der Waals surface area contributed by atoms with Crippen molar-refractivity contribution in [3.8, 4) is 0 Å². The van der Waals surface area contributed by atoms with Gasteiger partial charge in [-0.3, -0.25) is 4.99 Å². The van der Waals surface area contributed by atoms with Crippen molar-refractivity contribution in [3.05, 3.63) is 0 Å². The van der Waals surface area contributed by atoms with Crippen molar-refractivity contribution in [2.45, 2.75) is 44.6 Å². The molecule has 3 aliphatic rings. The monoisotopic (exact) mass is 379 g/mol. The van der Waals surface area contributed by atoms with Gasteiger partial charge in [0, 0.05) is 19.7 Å². The first-order chi connectivity index (χ1) is 8.83. The molecule has 0 aromatic carbocycles. The largest absolute Gasteiger partial charge is 0.376 e. The molecule has 3 N–H and O–H groups in total. The Morgan fingerprint density at radius 1 is 1.26 bits per heavy atom. The Morgan fingerprint density at radius 2 is 2.11 bits per heavy atom. The van der Waals surface area contributed by atoms with Gasteiger partial charge in [-0.15, -0.1) is 24.0 Å². The molecular formula is C14H26IN3O. The van der Waals surface area contributed by atoms with Gasteiger partial charge in [0.05, 0.1) is 6.10 Å². The SMILES string of the molecule is I.NC(=NC[C@@H]1C[C@H]1C1CCC1)NCC1CCCO1.